The number of nitrogens with zero attached hydrogens (tertiary/aromatic N) is 2. The number of carbonyl (C=O) groups is 1. The van der Waals surface area contributed by atoms with Crippen LogP contribution in [0.1, 0.15) is 44.1 Å². The number of carbonyl (C=O) groups excluding carboxylic acids is 1. The molecule has 0 spiro atoms. The van der Waals surface area contributed by atoms with Gasteiger partial charge in [0.25, 0.3) is 11.6 Å². The van der Waals surface area contributed by atoms with Gasteiger partial charge < -0.3 is 9.64 Å². The maximum atomic E-state index is 13.2. The first kappa shape index (κ1) is 19.4. The fourth-order valence-electron chi connectivity index (χ4n) is 4.14. The number of piperidine rings is 1. The molecule has 1 aliphatic heterocycles. The first-order valence-corrected chi connectivity index (χ1v) is 9.05. The molecule has 6 nitrogen and oxygen atoms in total. The smallest absolute Gasteiger partial charge is 0.420 e. The zero-order chi connectivity index (χ0) is 19.6. The molecule has 0 bridgehead atoms. The number of likely N-dealkylation sites (tertiary alicyclic amines) is 1. The van der Waals surface area contributed by atoms with Crippen LogP contribution in [0, 0.1) is 16.0 Å². The molecule has 1 amide bonds. The minimum absolute atomic E-state index is 0.141. The van der Waals surface area contributed by atoms with E-state index in [1.54, 1.807) is 4.90 Å². The van der Waals surface area contributed by atoms with E-state index in [9.17, 15) is 28.1 Å². The van der Waals surface area contributed by atoms with Gasteiger partial charge in [0.05, 0.1) is 4.92 Å². The summed E-state index contributed by atoms with van der Waals surface area (Å²) in [5, 5.41) is 10.7. The van der Waals surface area contributed by atoms with Crippen molar-refractivity contribution in [2.24, 2.45) is 5.92 Å². The molecule has 1 aliphatic carbocycles. The second-order valence-corrected chi connectivity index (χ2v) is 7.07. The van der Waals surface area contributed by atoms with Crippen molar-refractivity contribution in [1.29, 1.82) is 0 Å². The Morgan fingerprint density at radius 3 is 2.63 bits per heavy atom. The van der Waals surface area contributed by atoms with Crippen molar-refractivity contribution in [3.05, 3.63) is 33.9 Å². The molecule has 1 aromatic rings. The van der Waals surface area contributed by atoms with Crippen LogP contribution < -0.4 is 4.74 Å². The number of alkyl halides is 3. The number of benzene rings is 1. The Morgan fingerprint density at radius 2 is 1.93 bits per heavy atom. The zero-order valence-corrected chi connectivity index (χ0v) is 14.7. The molecule has 2 unspecified atom stereocenters. The Hall–Kier alpha value is -2.32. The van der Waals surface area contributed by atoms with Crippen molar-refractivity contribution in [3.8, 4) is 5.75 Å². The summed E-state index contributed by atoms with van der Waals surface area (Å²) in [6.07, 6.45) is 1.35. The average Bonchev–Trinajstić information content (AvgIpc) is 2.64. The van der Waals surface area contributed by atoms with Gasteiger partial charge in [-0.1, -0.05) is 12.8 Å². The predicted molar refractivity (Wildman–Crippen MR) is 90.3 cm³/mol. The molecular weight excluding hydrogens is 365 g/mol. The molecule has 0 N–H and O–H groups in total. The molecule has 2 fully saturated rings. The van der Waals surface area contributed by atoms with Gasteiger partial charge in [-0.05, 0) is 37.7 Å². The van der Waals surface area contributed by atoms with E-state index >= 15 is 0 Å². The highest BCUT2D eigenvalue weighted by molar-refractivity contribution is 5.78. The Balaban J connectivity index is 1.72. The van der Waals surface area contributed by atoms with E-state index in [0.29, 0.717) is 18.5 Å². The molecule has 9 heteroatoms. The zero-order valence-electron chi connectivity index (χ0n) is 14.7. The molecule has 0 aromatic heterocycles. The van der Waals surface area contributed by atoms with Gasteiger partial charge in [0.1, 0.15) is 11.3 Å². The Labute approximate surface area is 154 Å². The fourth-order valence-corrected chi connectivity index (χ4v) is 4.14. The number of rotatable bonds is 4. The minimum atomic E-state index is -4.82. The third-order valence-corrected chi connectivity index (χ3v) is 5.39. The molecule has 2 aliphatic rings. The molecule has 0 radical (unpaired) electrons. The van der Waals surface area contributed by atoms with Crippen LogP contribution in [0.3, 0.4) is 0 Å². The summed E-state index contributed by atoms with van der Waals surface area (Å²) in [6, 6.07) is 2.40. The van der Waals surface area contributed by atoms with Crippen LogP contribution in [0.15, 0.2) is 18.2 Å². The summed E-state index contributed by atoms with van der Waals surface area (Å²) in [6.45, 7) is 0.0832. The topological polar surface area (TPSA) is 72.7 Å². The second kappa shape index (κ2) is 7.74. The Morgan fingerprint density at radius 1 is 1.22 bits per heavy atom. The highest BCUT2D eigenvalue weighted by Crippen LogP contribution is 2.39. The van der Waals surface area contributed by atoms with Gasteiger partial charge >= 0.3 is 6.18 Å². The van der Waals surface area contributed by atoms with Crippen LogP contribution in [0.2, 0.25) is 0 Å². The second-order valence-electron chi connectivity index (χ2n) is 7.07. The van der Waals surface area contributed by atoms with Crippen molar-refractivity contribution in [3.63, 3.8) is 0 Å². The number of hydrogen-bond donors (Lipinski definition) is 0. The lowest BCUT2D eigenvalue weighted by Crippen LogP contribution is -2.51. The molecule has 1 aromatic carbocycles. The van der Waals surface area contributed by atoms with E-state index < -0.39 is 34.7 Å². The van der Waals surface area contributed by atoms with Crippen molar-refractivity contribution >= 4 is 11.6 Å². The fraction of sp³-hybridized carbons (Fsp3) is 0.611. The Bertz CT molecular complexity index is 721. The molecular formula is C18H21F3N2O4. The Kier molecular flexibility index (Phi) is 5.57. The van der Waals surface area contributed by atoms with Crippen LogP contribution in [0.4, 0.5) is 18.9 Å². The van der Waals surface area contributed by atoms with Crippen molar-refractivity contribution in [1.82, 2.24) is 4.90 Å². The van der Waals surface area contributed by atoms with Crippen LogP contribution in [-0.2, 0) is 11.0 Å². The van der Waals surface area contributed by atoms with Gasteiger partial charge in [-0.2, -0.15) is 13.2 Å². The van der Waals surface area contributed by atoms with Gasteiger partial charge in [0.15, 0.2) is 6.61 Å². The summed E-state index contributed by atoms with van der Waals surface area (Å²) >= 11 is 0. The number of amides is 1. The largest absolute Gasteiger partial charge is 0.483 e. The van der Waals surface area contributed by atoms with Crippen LogP contribution in [0.5, 0.6) is 5.75 Å². The molecule has 1 heterocycles. The van der Waals surface area contributed by atoms with Crippen LogP contribution in [0.25, 0.3) is 0 Å². The third kappa shape index (κ3) is 4.33. The summed E-state index contributed by atoms with van der Waals surface area (Å²) in [5.41, 5.74) is -1.93. The molecule has 1 saturated carbocycles. The van der Waals surface area contributed by atoms with Gasteiger partial charge in [-0.15, -0.1) is 0 Å². The predicted octanol–water partition coefficient (Wildman–Crippen LogP) is 4.17. The number of non-ortho nitro benzene ring substituents is 1. The number of ether oxygens (including phenoxy) is 1. The highest BCUT2D eigenvalue weighted by Gasteiger charge is 2.38. The van der Waals surface area contributed by atoms with Gasteiger partial charge in [-0.3, -0.25) is 14.9 Å². The molecule has 2 atom stereocenters. The number of fused-ring (bicyclic) bond motifs is 1. The maximum absolute atomic E-state index is 13.2. The normalized spacial score (nSPS) is 22.9. The number of nitro benzene ring substituents is 1. The molecule has 27 heavy (non-hydrogen) atoms. The summed E-state index contributed by atoms with van der Waals surface area (Å²) < 4.78 is 44.7. The van der Waals surface area contributed by atoms with E-state index in [4.69, 9.17) is 4.74 Å². The minimum Gasteiger partial charge on any atom is -0.483 e. The SMILES string of the molecule is O=C(COc1ccc([N+](=O)[O-])cc1C(F)(F)F)N1CCCC2CCCCC21. The first-order valence-electron chi connectivity index (χ1n) is 9.05. The first-order chi connectivity index (χ1) is 12.8. The van der Waals surface area contributed by atoms with Crippen molar-refractivity contribution in [2.45, 2.75) is 50.7 Å². The lowest BCUT2D eigenvalue weighted by Gasteiger charge is -2.44. The van der Waals surface area contributed by atoms with Gasteiger partial charge in [-0.25, -0.2) is 0 Å². The van der Waals surface area contributed by atoms with Gasteiger partial charge in [0, 0.05) is 24.7 Å². The van der Waals surface area contributed by atoms with E-state index in [1.807, 2.05) is 0 Å². The standard InChI is InChI=1S/C18H21F3N2O4/c19-18(20,21)14-10-13(23(25)26)7-8-16(14)27-11-17(24)22-9-3-5-12-4-1-2-6-15(12)22/h7-8,10,12,15H,1-6,9,11H2. The monoisotopic (exact) mass is 386 g/mol. The van der Waals surface area contributed by atoms with Crippen molar-refractivity contribution in [2.75, 3.05) is 13.2 Å². The summed E-state index contributed by atoms with van der Waals surface area (Å²) in [4.78, 5) is 24.1. The molecule has 1 saturated heterocycles. The van der Waals surface area contributed by atoms with E-state index in [2.05, 4.69) is 0 Å². The van der Waals surface area contributed by atoms with E-state index in [0.717, 1.165) is 50.7 Å². The van der Waals surface area contributed by atoms with Crippen LogP contribution in [-0.4, -0.2) is 34.9 Å². The average molecular weight is 386 g/mol. The lowest BCUT2D eigenvalue weighted by molar-refractivity contribution is -0.385. The quantitative estimate of drug-likeness (QED) is 0.575. The van der Waals surface area contributed by atoms with Gasteiger partial charge in [0.2, 0.25) is 0 Å². The maximum Gasteiger partial charge on any atom is 0.420 e. The van der Waals surface area contributed by atoms with E-state index in [1.165, 1.54) is 0 Å². The third-order valence-electron chi connectivity index (χ3n) is 5.39. The lowest BCUT2D eigenvalue weighted by atomic mass is 9.78. The van der Waals surface area contributed by atoms with E-state index in [-0.39, 0.29) is 11.9 Å². The summed E-state index contributed by atoms with van der Waals surface area (Å²) in [5.74, 6) is -0.446. The molecule has 148 valence electrons. The highest BCUT2D eigenvalue weighted by atomic mass is 19.4. The summed E-state index contributed by atoms with van der Waals surface area (Å²) in [7, 11) is 0. The molecule has 3 rings (SSSR count). The number of halogens is 3. The number of nitro groups is 1. The van der Waals surface area contributed by atoms with Crippen LogP contribution >= 0.6 is 0 Å². The van der Waals surface area contributed by atoms with Crippen molar-refractivity contribution < 1.29 is 27.6 Å². The number of hydrogen-bond acceptors (Lipinski definition) is 4.